The summed E-state index contributed by atoms with van der Waals surface area (Å²) in [6.07, 6.45) is 2.12. The van der Waals surface area contributed by atoms with Gasteiger partial charge in [0.15, 0.2) is 0 Å². The molecule has 168 valence electrons. The van der Waals surface area contributed by atoms with Gasteiger partial charge in [-0.1, -0.05) is 35.8 Å². The number of halogens is 3. The Bertz CT molecular complexity index is 942. The zero-order chi connectivity index (χ0) is 22.4. The fourth-order valence-corrected chi connectivity index (χ4v) is 3.35. The fraction of sp³-hybridized carbons (Fsp3) is 0.450. The predicted molar refractivity (Wildman–Crippen MR) is 106 cm³/mol. The number of allylic oxidation sites excluding steroid dienone is 1. The lowest BCUT2D eigenvalue weighted by Gasteiger charge is -2.21. The summed E-state index contributed by atoms with van der Waals surface area (Å²) in [5.74, 6) is -0.151. The number of guanidine groups is 1. The van der Waals surface area contributed by atoms with Gasteiger partial charge < -0.3 is 25.1 Å². The number of nitrogens with zero attached hydrogens (tertiary/aromatic N) is 4. The molecular formula is C20H24F3N5O3. The van der Waals surface area contributed by atoms with Crippen molar-refractivity contribution in [3.63, 3.8) is 0 Å². The van der Waals surface area contributed by atoms with Crippen LogP contribution in [0.15, 0.2) is 40.0 Å². The van der Waals surface area contributed by atoms with Gasteiger partial charge in [0, 0.05) is 12.1 Å². The topological polar surface area (TPSA) is 110 Å². The quantitative estimate of drug-likeness (QED) is 0.217. The van der Waals surface area contributed by atoms with Crippen molar-refractivity contribution in [2.45, 2.75) is 44.8 Å². The predicted octanol–water partition coefficient (Wildman–Crippen LogP) is 4.33. The standard InChI is InChI=1S/C20H24F3N5O3/c1-2-3-4-5-11-30-16-9-8-13(12-14(16)20(21,22)23)17-25-18(31-27-17)15-7-6-10-28(15)19(24)26-29/h4-5,8-9,12,15,29H,2-3,6-7,10-11H2,1H3,(H2,24,26)/b5-4+/t15-/m0/s1. The number of benzene rings is 1. The van der Waals surface area contributed by atoms with Gasteiger partial charge in [-0.3, -0.25) is 0 Å². The zero-order valence-electron chi connectivity index (χ0n) is 17.0. The average molecular weight is 439 g/mol. The van der Waals surface area contributed by atoms with Crippen molar-refractivity contribution in [1.82, 2.24) is 15.0 Å². The molecule has 1 aliphatic heterocycles. The summed E-state index contributed by atoms with van der Waals surface area (Å²) in [6, 6.07) is 3.23. The third kappa shape index (κ3) is 5.28. The van der Waals surface area contributed by atoms with Crippen LogP contribution in [0.25, 0.3) is 11.4 Å². The minimum Gasteiger partial charge on any atom is -0.489 e. The maximum absolute atomic E-state index is 13.6. The molecule has 1 atom stereocenters. The Hall–Kier alpha value is -3.24. The van der Waals surface area contributed by atoms with Crippen molar-refractivity contribution in [1.29, 1.82) is 0 Å². The molecule has 11 heteroatoms. The van der Waals surface area contributed by atoms with E-state index in [0.717, 1.165) is 25.3 Å². The van der Waals surface area contributed by atoms with Gasteiger partial charge in [0.1, 0.15) is 18.4 Å². The van der Waals surface area contributed by atoms with E-state index in [1.54, 1.807) is 11.0 Å². The van der Waals surface area contributed by atoms with Crippen molar-refractivity contribution in [3.05, 3.63) is 41.8 Å². The lowest BCUT2D eigenvalue weighted by molar-refractivity contribution is -0.138. The van der Waals surface area contributed by atoms with Gasteiger partial charge in [0.05, 0.1) is 5.56 Å². The van der Waals surface area contributed by atoms with E-state index in [1.807, 2.05) is 13.0 Å². The van der Waals surface area contributed by atoms with Crippen molar-refractivity contribution >= 4 is 5.96 Å². The second kappa shape index (κ2) is 9.71. The first-order valence-electron chi connectivity index (χ1n) is 9.92. The molecule has 0 aliphatic carbocycles. The molecule has 1 aromatic heterocycles. The van der Waals surface area contributed by atoms with Crippen molar-refractivity contribution in [2.75, 3.05) is 13.2 Å². The second-order valence-electron chi connectivity index (χ2n) is 7.05. The van der Waals surface area contributed by atoms with Gasteiger partial charge >= 0.3 is 6.18 Å². The number of rotatable bonds is 7. The highest BCUT2D eigenvalue weighted by Gasteiger charge is 2.36. The Balaban J connectivity index is 1.83. The van der Waals surface area contributed by atoms with Gasteiger partial charge in [0.25, 0.3) is 0 Å². The van der Waals surface area contributed by atoms with Crippen molar-refractivity contribution < 1.29 is 27.6 Å². The molecule has 0 radical (unpaired) electrons. The molecule has 3 rings (SSSR count). The number of hydrogen-bond donors (Lipinski definition) is 2. The van der Waals surface area contributed by atoms with E-state index >= 15 is 0 Å². The number of nitrogens with two attached hydrogens (primary N) is 1. The summed E-state index contributed by atoms with van der Waals surface area (Å²) in [6.45, 7) is 2.59. The summed E-state index contributed by atoms with van der Waals surface area (Å²) >= 11 is 0. The summed E-state index contributed by atoms with van der Waals surface area (Å²) in [4.78, 5) is 5.85. The molecule has 0 amide bonds. The van der Waals surface area contributed by atoms with Gasteiger partial charge in [-0.05, 0) is 37.5 Å². The normalized spacial score (nSPS) is 17.6. The van der Waals surface area contributed by atoms with Crippen LogP contribution in [0.4, 0.5) is 13.2 Å². The lowest BCUT2D eigenvalue weighted by atomic mass is 10.1. The van der Waals surface area contributed by atoms with E-state index in [1.165, 1.54) is 12.1 Å². The van der Waals surface area contributed by atoms with Crippen LogP contribution in [-0.2, 0) is 6.18 Å². The minimum absolute atomic E-state index is 0.0150. The highest BCUT2D eigenvalue weighted by atomic mass is 19.4. The molecule has 2 aromatic rings. The Morgan fingerprint density at radius 2 is 2.23 bits per heavy atom. The highest BCUT2D eigenvalue weighted by molar-refractivity contribution is 5.78. The van der Waals surface area contributed by atoms with Crippen LogP contribution < -0.4 is 10.5 Å². The van der Waals surface area contributed by atoms with Crippen LogP contribution in [0.3, 0.4) is 0 Å². The Morgan fingerprint density at radius 1 is 1.42 bits per heavy atom. The van der Waals surface area contributed by atoms with Crippen molar-refractivity contribution in [3.8, 4) is 17.1 Å². The average Bonchev–Trinajstić information content (AvgIpc) is 3.42. The molecule has 0 spiro atoms. The number of alkyl halides is 3. The Kier molecular flexibility index (Phi) is 7.03. The van der Waals surface area contributed by atoms with Crippen LogP contribution in [0.5, 0.6) is 5.75 Å². The van der Waals surface area contributed by atoms with Crippen LogP contribution >= 0.6 is 0 Å². The molecule has 1 aromatic carbocycles. The fourth-order valence-electron chi connectivity index (χ4n) is 3.35. The molecule has 8 nitrogen and oxygen atoms in total. The molecular weight excluding hydrogens is 415 g/mol. The smallest absolute Gasteiger partial charge is 0.419 e. The third-order valence-electron chi connectivity index (χ3n) is 4.88. The second-order valence-corrected chi connectivity index (χ2v) is 7.05. The first-order chi connectivity index (χ1) is 14.8. The monoisotopic (exact) mass is 439 g/mol. The number of oxime groups is 1. The summed E-state index contributed by atoms with van der Waals surface area (Å²) in [7, 11) is 0. The maximum Gasteiger partial charge on any atom is 0.419 e. The Morgan fingerprint density at radius 3 is 2.94 bits per heavy atom. The van der Waals surface area contributed by atoms with Crippen LogP contribution in [0.2, 0.25) is 0 Å². The van der Waals surface area contributed by atoms with Gasteiger partial charge in [0.2, 0.25) is 17.7 Å². The summed E-state index contributed by atoms with van der Waals surface area (Å²) < 4.78 is 51.3. The third-order valence-corrected chi connectivity index (χ3v) is 4.88. The minimum atomic E-state index is -4.61. The van der Waals surface area contributed by atoms with Gasteiger partial charge in [-0.2, -0.15) is 18.2 Å². The van der Waals surface area contributed by atoms with Gasteiger partial charge in [-0.15, -0.1) is 0 Å². The molecule has 1 saturated heterocycles. The number of hydrogen-bond acceptors (Lipinski definition) is 6. The van der Waals surface area contributed by atoms with E-state index in [2.05, 4.69) is 15.3 Å². The SMILES string of the molecule is CCC/C=C/COc1ccc(-c2noc([C@@H]3CCCN3/C(N)=N/O)n2)cc1C(F)(F)F. The lowest BCUT2D eigenvalue weighted by Crippen LogP contribution is -2.36. The molecule has 0 unspecified atom stereocenters. The molecule has 3 N–H and O–H groups in total. The summed E-state index contributed by atoms with van der Waals surface area (Å²) in [5, 5.41) is 15.7. The van der Waals surface area contributed by atoms with Crippen LogP contribution in [0, 0.1) is 0 Å². The molecule has 0 saturated carbocycles. The molecule has 1 fully saturated rings. The van der Waals surface area contributed by atoms with E-state index in [-0.39, 0.29) is 35.6 Å². The van der Waals surface area contributed by atoms with E-state index < -0.39 is 17.8 Å². The molecule has 1 aliphatic rings. The van der Waals surface area contributed by atoms with E-state index in [4.69, 9.17) is 20.2 Å². The largest absolute Gasteiger partial charge is 0.489 e. The Labute approximate surface area is 177 Å². The zero-order valence-corrected chi connectivity index (χ0v) is 17.0. The van der Waals surface area contributed by atoms with Crippen molar-refractivity contribution in [2.24, 2.45) is 10.9 Å². The molecule has 0 bridgehead atoms. The first-order valence-corrected chi connectivity index (χ1v) is 9.92. The summed E-state index contributed by atoms with van der Waals surface area (Å²) in [5.41, 5.74) is 4.89. The number of likely N-dealkylation sites (tertiary alicyclic amines) is 1. The van der Waals surface area contributed by atoms with Crippen LogP contribution in [0.1, 0.15) is 50.1 Å². The van der Waals surface area contributed by atoms with Crippen LogP contribution in [-0.4, -0.2) is 39.4 Å². The highest BCUT2D eigenvalue weighted by Crippen LogP contribution is 2.39. The molecule has 31 heavy (non-hydrogen) atoms. The number of aromatic nitrogens is 2. The number of unbranched alkanes of at least 4 members (excludes halogenated alkanes) is 1. The van der Waals surface area contributed by atoms with E-state index in [0.29, 0.717) is 13.0 Å². The van der Waals surface area contributed by atoms with Gasteiger partial charge in [-0.25, -0.2) is 0 Å². The maximum atomic E-state index is 13.6. The molecule has 2 heterocycles. The first kappa shape index (κ1) is 22.4. The number of ether oxygens (including phenoxy) is 1. The van der Waals surface area contributed by atoms with E-state index in [9.17, 15) is 13.2 Å².